The van der Waals surface area contributed by atoms with Crippen LogP contribution >= 0.6 is 11.3 Å². The Morgan fingerprint density at radius 3 is 2.31 bits per heavy atom. The van der Waals surface area contributed by atoms with E-state index in [2.05, 4.69) is 24.7 Å². The van der Waals surface area contributed by atoms with E-state index in [1.165, 1.54) is 58.1 Å². The fourth-order valence-corrected chi connectivity index (χ4v) is 5.53. The van der Waals surface area contributed by atoms with Crippen molar-refractivity contribution in [2.75, 3.05) is 13.1 Å². The lowest BCUT2D eigenvalue weighted by molar-refractivity contribution is 0.0997. The molecule has 0 aliphatic heterocycles. The molecule has 32 heavy (non-hydrogen) atoms. The molecule has 1 heterocycles. The van der Waals surface area contributed by atoms with Gasteiger partial charge in [-0.2, -0.15) is 9.30 Å². The van der Waals surface area contributed by atoms with Gasteiger partial charge in [-0.15, -0.1) is 19.7 Å². The first-order valence-electron chi connectivity index (χ1n) is 9.63. The maximum absolute atomic E-state index is 14.3. The lowest BCUT2D eigenvalue weighted by Gasteiger charge is -2.19. The number of fused-ring (bicyclic) bond motifs is 1. The summed E-state index contributed by atoms with van der Waals surface area (Å²) < 4.78 is 43.4. The molecule has 0 N–H and O–H groups in total. The van der Waals surface area contributed by atoms with Crippen LogP contribution in [-0.4, -0.2) is 36.3 Å². The van der Waals surface area contributed by atoms with E-state index in [1.807, 2.05) is 0 Å². The summed E-state index contributed by atoms with van der Waals surface area (Å²) >= 11 is 1.19. The van der Waals surface area contributed by atoms with E-state index in [0.29, 0.717) is 15.0 Å². The van der Waals surface area contributed by atoms with Gasteiger partial charge in [0, 0.05) is 25.2 Å². The van der Waals surface area contributed by atoms with Gasteiger partial charge in [-0.05, 0) is 36.4 Å². The molecule has 2 aromatic carbocycles. The first-order valence-corrected chi connectivity index (χ1v) is 11.9. The minimum Gasteiger partial charge on any atom is -0.310 e. The van der Waals surface area contributed by atoms with Gasteiger partial charge < -0.3 is 4.57 Å². The molecule has 0 spiro atoms. The average Bonchev–Trinajstić information content (AvgIpc) is 3.12. The Labute approximate surface area is 190 Å². The molecular formula is C23H22FN3O3S2. The van der Waals surface area contributed by atoms with Crippen molar-refractivity contribution in [1.82, 2.24) is 8.87 Å². The SMILES string of the molecule is C=CCN(CC=C)S(=O)(=O)c1ccc(C(=O)N=c2sc3cccc(F)c3n2CC=C)cc1. The van der Waals surface area contributed by atoms with E-state index in [-0.39, 0.29) is 30.1 Å². The number of hydrogen-bond donors (Lipinski definition) is 0. The maximum atomic E-state index is 14.3. The highest BCUT2D eigenvalue weighted by molar-refractivity contribution is 7.89. The molecule has 6 nitrogen and oxygen atoms in total. The van der Waals surface area contributed by atoms with Crippen LogP contribution in [0.4, 0.5) is 4.39 Å². The predicted molar refractivity (Wildman–Crippen MR) is 125 cm³/mol. The second kappa shape index (κ2) is 9.99. The number of aromatic nitrogens is 1. The van der Waals surface area contributed by atoms with Crippen molar-refractivity contribution in [2.24, 2.45) is 4.99 Å². The van der Waals surface area contributed by atoms with Crippen molar-refractivity contribution >= 4 is 37.5 Å². The molecule has 166 valence electrons. The summed E-state index contributed by atoms with van der Waals surface area (Å²) in [7, 11) is -3.77. The zero-order chi connectivity index (χ0) is 23.3. The van der Waals surface area contributed by atoms with Gasteiger partial charge in [-0.1, -0.05) is 35.6 Å². The van der Waals surface area contributed by atoms with Gasteiger partial charge in [-0.3, -0.25) is 4.79 Å². The third-order valence-electron chi connectivity index (χ3n) is 4.57. The third-order valence-corrected chi connectivity index (χ3v) is 7.45. The Hall–Kier alpha value is -3.14. The Bertz CT molecular complexity index is 1340. The summed E-state index contributed by atoms with van der Waals surface area (Å²) in [5.74, 6) is -0.972. The lowest BCUT2D eigenvalue weighted by atomic mass is 10.2. The van der Waals surface area contributed by atoms with Crippen molar-refractivity contribution in [3.8, 4) is 0 Å². The fourth-order valence-electron chi connectivity index (χ4n) is 3.10. The first-order chi connectivity index (χ1) is 15.3. The molecule has 3 aromatic rings. The van der Waals surface area contributed by atoms with Crippen molar-refractivity contribution in [1.29, 1.82) is 0 Å². The highest BCUT2D eigenvalue weighted by Crippen LogP contribution is 2.21. The van der Waals surface area contributed by atoms with Crippen molar-refractivity contribution < 1.29 is 17.6 Å². The molecule has 0 aliphatic carbocycles. The van der Waals surface area contributed by atoms with Gasteiger partial charge in [0.25, 0.3) is 5.91 Å². The zero-order valence-electron chi connectivity index (χ0n) is 17.3. The second-order valence-electron chi connectivity index (χ2n) is 6.71. The molecule has 1 aromatic heterocycles. The monoisotopic (exact) mass is 471 g/mol. The normalized spacial score (nSPS) is 12.2. The summed E-state index contributed by atoms with van der Waals surface area (Å²) in [4.78, 5) is 17.3. The van der Waals surface area contributed by atoms with E-state index in [9.17, 15) is 17.6 Å². The topological polar surface area (TPSA) is 71.7 Å². The van der Waals surface area contributed by atoms with Crippen LogP contribution in [0.2, 0.25) is 0 Å². The van der Waals surface area contributed by atoms with Crippen LogP contribution in [0.3, 0.4) is 0 Å². The molecule has 0 atom stereocenters. The molecule has 0 aliphatic rings. The number of para-hydroxylation sites is 1. The van der Waals surface area contributed by atoms with E-state index in [4.69, 9.17) is 0 Å². The number of rotatable bonds is 9. The average molecular weight is 472 g/mol. The van der Waals surface area contributed by atoms with E-state index >= 15 is 0 Å². The van der Waals surface area contributed by atoms with Crippen LogP contribution in [-0.2, 0) is 16.6 Å². The maximum Gasteiger partial charge on any atom is 0.279 e. The Morgan fingerprint density at radius 2 is 1.72 bits per heavy atom. The van der Waals surface area contributed by atoms with Crippen molar-refractivity contribution in [2.45, 2.75) is 11.4 Å². The molecule has 0 bridgehead atoms. The molecular weight excluding hydrogens is 449 g/mol. The van der Waals surface area contributed by atoms with Crippen LogP contribution in [0.1, 0.15) is 10.4 Å². The smallest absolute Gasteiger partial charge is 0.279 e. The summed E-state index contributed by atoms with van der Waals surface area (Å²) in [6.07, 6.45) is 4.58. The van der Waals surface area contributed by atoms with Crippen LogP contribution < -0.4 is 4.80 Å². The number of carbonyl (C=O) groups is 1. The summed E-state index contributed by atoms with van der Waals surface area (Å²) in [6, 6.07) is 10.2. The number of amides is 1. The standard InChI is InChI=1S/C23H22FN3O3S2/c1-4-14-26(15-5-2)32(29,30)18-12-10-17(11-13-18)22(28)25-23-27(16-6-3)21-19(24)8-7-9-20(21)31-23/h4-13H,1-3,14-16H2. The number of allylic oxidation sites excluding steroid dienone is 1. The van der Waals surface area contributed by atoms with Gasteiger partial charge in [0.05, 0.1) is 15.1 Å². The number of thiazole rings is 1. The number of sulfonamides is 1. The largest absolute Gasteiger partial charge is 0.310 e. The quantitative estimate of drug-likeness (QED) is 0.441. The van der Waals surface area contributed by atoms with Gasteiger partial charge in [0.2, 0.25) is 10.0 Å². The molecule has 0 unspecified atom stereocenters. The number of hydrogen-bond acceptors (Lipinski definition) is 4. The highest BCUT2D eigenvalue weighted by Gasteiger charge is 2.22. The van der Waals surface area contributed by atoms with E-state index in [1.54, 1.807) is 22.8 Å². The predicted octanol–water partition coefficient (Wildman–Crippen LogP) is 4.13. The minimum atomic E-state index is -3.77. The van der Waals surface area contributed by atoms with Crippen LogP contribution in [0.15, 0.2) is 90.3 Å². The van der Waals surface area contributed by atoms with Crippen LogP contribution in [0.5, 0.6) is 0 Å². The Kier molecular flexibility index (Phi) is 7.34. The second-order valence-corrected chi connectivity index (χ2v) is 9.66. The molecule has 0 saturated heterocycles. The number of halogens is 1. The Balaban J connectivity index is 1.98. The van der Waals surface area contributed by atoms with Crippen molar-refractivity contribution in [3.63, 3.8) is 0 Å². The highest BCUT2D eigenvalue weighted by atomic mass is 32.2. The van der Waals surface area contributed by atoms with Crippen LogP contribution in [0.25, 0.3) is 10.2 Å². The zero-order valence-corrected chi connectivity index (χ0v) is 18.9. The van der Waals surface area contributed by atoms with Gasteiger partial charge >= 0.3 is 0 Å². The molecule has 9 heteroatoms. The molecule has 0 radical (unpaired) electrons. The molecule has 0 fully saturated rings. The number of carbonyl (C=O) groups excluding carboxylic acids is 1. The van der Waals surface area contributed by atoms with E-state index < -0.39 is 21.7 Å². The Morgan fingerprint density at radius 1 is 1.06 bits per heavy atom. The fraction of sp³-hybridized carbons (Fsp3) is 0.130. The minimum absolute atomic E-state index is 0.0448. The van der Waals surface area contributed by atoms with Crippen molar-refractivity contribution in [3.05, 3.63) is 96.6 Å². The molecule has 3 rings (SSSR count). The lowest BCUT2D eigenvalue weighted by Crippen LogP contribution is -2.31. The van der Waals surface area contributed by atoms with Gasteiger partial charge in [0.1, 0.15) is 5.82 Å². The van der Waals surface area contributed by atoms with Crippen LogP contribution in [0, 0.1) is 5.82 Å². The van der Waals surface area contributed by atoms with Gasteiger partial charge in [-0.25, -0.2) is 12.8 Å². The van der Waals surface area contributed by atoms with E-state index in [0.717, 1.165) is 0 Å². The summed E-state index contributed by atoms with van der Waals surface area (Å²) in [5.41, 5.74) is 0.570. The summed E-state index contributed by atoms with van der Waals surface area (Å²) in [5, 5.41) is 0. The summed E-state index contributed by atoms with van der Waals surface area (Å²) in [6.45, 7) is 11.4. The number of benzene rings is 2. The molecule has 0 saturated carbocycles. The third kappa shape index (κ3) is 4.69. The first kappa shape index (κ1) is 23.5. The van der Waals surface area contributed by atoms with Gasteiger partial charge in [0.15, 0.2) is 4.80 Å². The molecule has 1 amide bonds. The number of nitrogens with zero attached hydrogens (tertiary/aromatic N) is 3.